The Labute approximate surface area is 128 Å². The molecule has 1 heterocycles. The summed E-state index contributed by atoms with van der Waals surface area (Å²) in [6, 6.07) is 14.5. The second-order valence-corrected chi connectivity index (χ2v) is 4.50. The fourth-order valence-electron chi connectivity index (χ4n) is 1.70. The van der Waals surface area contributed by atoms with Crippen LogP contribution >= 0.6 is 0 Å². The quantitative estimate of drug-likeness (QED) is 0.809. The molecule has 2 amide bonds. The van der Waals surface area contributed by atoms with E-state index in [9.17, 15) is 9.59 Å². The third-order valence-electron chi connectivity index (χ3n) is 2.72. The van der Waals surface area contributed by atoms with Gasteiger partial charge in [0.25, 0.3) is 0 Å². The Morgan fingerprint density at radius 2 is 1.68 bits per heavy atom. The molecular formula is C16H17N3O3. The fraction of sp³-hybridized carbons (Fsp3) is 0.188. The largest absolute Gasteiger partial charge is 0.362 e. The van der Waals surface area contributed by atoms with Crippen LogP contribution in [0.4, 0.5) is 5.69 Å². The maximum atomic E-state index is 11.6. The van der Waals surface area contributed by atoms with Gasteiger partial charge in [-0.3, -0.25) is 14.6 Å². The van der Waals surface area contributed by atoms with Crippen molar-refractivity contribution < 1.29 is 14.3 Å². The lowest BCUT2D eigenvalue weighted by Crippen LogP contribution is -2.29. The van der Waals surface area contributed by atoms with Crippen molar-refractivity contribution >= 4 is 17.5 Å². The molecule has 0 radical (unpaired) electrons. The van der Waals surface area contributed by atoms with E-state index in [1.165, 1.54) is 0 Å². The van der Waals surface area contributed by atoms with E-state index in [1.807, 2.05) is 30.3 Å². The first-order valence-electron chi connectivity index (χ1n) is 6.83. The Morgan fingerprint density at radius 3 is 2.41 bits per heavy atom. The summed E-state index contributed by atoms with van der Waals surface area (Å²) in [5, 5.41) is 5.33. The van der Waals surface area contributed by atoms with E-state index in [2.05, 4.69) is 15.6 Å². The van der Waals surface area contributed by atoms with E-state index in [-0.39, 0.29) is 25.0 Å². The van der Waals surface area contributed by atoms with Gasteiger partial charge in [-0.15, -0.1) is 0 Å². The molecule has 6 nitrogen and oxygen atoms in total. The Hall–Kier alpha value is -2.73. The predicted octanol–water partition coefficient (Wildman–Crippen LogP) is 1.35. The highest BCUT2D eigenvalue weighted by molar-refractivity contribution is 5.91. The van der Waals surface area contributed by atoms with Crippen molar-refractivity contribution in [3.8, 4) is 0 Å². The van der Waals surface area contributed by atoms with Crippen molar-refractivity contribution in [2.24, 2.45) is 0 Å². The summed E-state index contributed by atoms with van der Waals surface area (Å²) >= 11 is 0. The van der Waals surface area contributed by atoms with Crippen LogP contribution in [0.3, 0.4) is 0 Å². The highest BCUT2D eigenvalue weighted by atomic mass is 16.5. The van der Waals surface area contributed by atoms with Crippen molar-refractivity contribution in [1.82, 2.24) is 10.3 Å². The first-order valence-corrected chi connectivity index (χ1v) is 6.83. The summed E-state index contributed by atoms with van der Waals surface area (Å²) in [6.07, 6.45) is 1.66. The van der Waals surface area contributed by atoms with Gasteiger partial charge in [-0.25, -0.2) is 0 Å². The second-order valence-electron chi connectivity index (χ2n) is 4.50. The SMILES string of the molecule is O=C(COCC(=O)Nc1ccccc1)NCc1ccccn1. The molecule has 0 aliphatic rings. The number of anilines is 1. The highest BCUT2D eigenvalue weighted by Gasteiger charge is 2.05. The van der Waals surface area contributed by atoms with Crippen molar-refractivity contribution in [1.29, 1.82) is 0 Å². The van der Waals surface area contributed by atoms with Crippen molar-refractivity contribution in [2.45, 2.75) is 6.54 Å². The zero-order valence-electron chi connectivity index (χ0n) is 12.0. The van der Waals surface area contributed by atoms with Crippen molar-refractivity contribution in [2.75, 3.05) is 18.5 Å². The van der Waals surface area contributed by atoms with Crippen LogP contribution in [0, 0.1) is 0 Å². The Morgan fingerprint density at radius 1 is 0.955 bits per heavy atom. The molecule has 0 saturated carbocycles. The van der Waals surface area contributed by atoms with E-state index in [0.29, 0.717) is 12.2 Å². The van der Waals surface area contributed by atoms with Crippen molar-refractivity contribution in [3.63, 3.8) is 0 Å². The van der Waals surface area contributed by atoms with Crippen LogP contribution in [-0.2, 0) is 20.9 Å². The van der Waals surface area contributed by atoms with Gasteiger partial charge in [0, 0.05) is 11.9 Å². The number of rotatable bonds is 7. The van der Waals surface area contributed by atoms with Gasteiger partial charge in [-0.2, -0.15) is 0 Å². The molecule has 22 heavy (non-hydrogen) atoms. The van der Waals surface area contributed by atoms with Gasteiger partial charge in [0.05, 0.1) is 12.2 Å². The Bertz CT molecular complexity index is 603. The Kier molecular flexibility index (Phi) is 6.07. The number of carbonyl (C=O) groups is 2. The topological polar surface area (TPSA) is 80.3 Å². The number of carbonyl (C=O) groups excluding carboxylic acids is 2. The zero-order valence-corrected chi connectivity index (χ0v) is 12.0. The van der Waals surface area contributed by atoms with Crippen LogP contribution in [-0.4, -0.2) is 30.0 Å². The summed E-state index contributed by atoms with van der Waals surface area (Å²) in [5.74, 6) is -0.595. The number of nitrogens with zero attached hydrogens (tertiary/aromatic N) is 1. The van der Waals surface area contributed by atoms with Gasteiger partial charge >= 0.3 is 0 Å². The number of ether oxygens (including phenoxy) is 1. The predicted molar refractivity (Wildman–Crippen MR) is 82.0 cm³/mol. The molecule has 0 spiro atoms. The minimum Gasteiger partial charge on any atom is -0.362 e. The summed E-state index contributed by atoms with van der Waals surface area (Å²) in [6.45, 7) is -0.0137. The average Bonchev–Trinajstić information content (AvgIpc) is 2.55. The van der Waals surface area contributed by atoms with E-state index in [1.54, 1.807) is 24.4 Å². The number of pyridine rings is 1. The van der Waals surface area contributed by atoms with Gasteiger partial charge in [0.1, 0.15) is 13.2 Å². The minimum absolute atomic E-state index is 0.172. The second kappa shape index (κ2) is 8.53. The lowest BCUT2D eigenvalue weighted by molar-refractivity contribution is -0.128. The van der Waals surface area contributed by atoms with Gasteiger partial charge < -0.3 is 15.4 Å². The molecule has 2 rings (SSSR count). The Balaban J connectivity index is 1.61. The van der Waals surface area contributed by atoms with E-state index in [4.69, 9.17) is 4.74 Å². The van der Waals surface area contributed by atoms with Crippen LogP contribution in [0.1, 0.15) is 5.69 Å². The third-order valence-corrected chi connectivity index (χ3v) is 2.72. The molecule has 0 aliphatic carbocycles. The van der Waals surface area contributed by atoms with Crippen LogP contribution < -0.4 is 10.6 Å². The summed E-state index contributed by atoms with van der Waals surface area (Å²) in [5.41, 5.74) is 1.45. The summed E-state index contributed by atoms with van der Waals surface area (Å²) < 4.78 is 5.07. The fourth-order valence-corrected chi connectivity index (χ4v) is 1.70. The molecular weight excluding hydrogens is 282 g/mol. The van der Waals surface area contributed by atoms with Crippen LogP contribution in [0.2, 0.25) is 0 Å². The molecule has 1 aromatic carbocycles. The number of amides is 2. The minimum atomic E-state index is -0.302. The summed E-state index contributed by atoms with van der Waals surface area (Å²) in [4.78, 5) is 27.2. The van der Waals surface area contributed by atoms with Gasteiger partial charge in [-0.1, -0.05) is 24.3 Å². The number of nitrogens with one attached hydrogen (secondary N) is 2. The molecule has 1 aromatic heterocycles. The average molecular weight is 299 g/mol. The van der Waals surface area contributed by atoms with Gasteiger partial charge in [0.2, 0.25) is 11.8 Å². The molecule has 114 valence electrons. The maximum Gasteiger partial charge on any atom is 0.250 e. The van der Waals surface area contributed by atoms with Crippen LogP contribution in [0.15, 0.2) is 54.7 Å². The number of hydrogen-bond donors (Lipinski definition) is 2. The van der Waals surface area contributed by atoms with Crippen LogP contribution in [0.5, 0.6) is 0 Å². The molecule has 0 atom stereocenters. The normalized spacial score (nSPS) is 10.0. The third kappa shape index (κ3) is 5.72. The molecule has 2 aromatic rings. The smallest absolute Gasteiger partial charge is 0.250 e. The number of hydrogen-bond acceptors (Lipinski definition) is 4. The number of benzene rings is 1. The molecule has 0 fully saturated rings. The first kappa shape index (κ1) is 15.7. The first-order chi connectivity index (χ1) is 10.7. The van der Waals surface area contributed by atoms with Gasteiger partial charge in [-0.05, 0) is 24.3 Å². The summed E-state index contributed by atoms with van der Waals surface area (Å²) in [7, 11) is 0. The number of aromatic nitrogens is 1. The molecule has 0 saturated heterocycles. The van der Waals surface area contributed by atoms with Crippen molar-refractivity contribution in [3.05, 3.63) is 60.4 Å². The van der Waals surface area contributed by atoms with E-state index < -0.39 is 0 Å². The zero-order chi connectivity index (χ0) is 15.6. The molecule has 0 aliphatic heterocycles. The number of para-hydroxylation sites is 1. The molecule has 0 bridgehead atoms. The lowest BCUT2D eigenvalue weighted by Gasteiger charge is -2.07. The molecule has 6 heteroatoms. The standard InChI is InChI=1S/C16H17N3O3/c20-15(18-10-14-8-4-5-9-17-14)11-22-12-16(21)19-13-6-2-1-3-7-13/h1-9H,10-12H2,(H,18,20)(H,19,21). The molecule has 2 N–H and O–H groups in total. The van der Waals surface area contributed by atoms with E-state index >= 15 is 0 Å². The van der Waals surface area contributed by atoms with Gasteiger partial charge in [0.15, 0.2) is 0 Å². The maximum absolute atomic E-state index is 11.6. The highest BCUT2D eigenvalue weighted by Crippen LogP contribution is 2.04. The monoisotopic (exact) mass is 299 g/mol. The van der Waals surface area contributed by atoms with E-state index in [0.717, 1.165) is 5.69 Å². The molecule has 0 unspecified atom stereocenters. The van der Waals surface area contributed by atoms with Crippen LogP contribution in [0.25, 0.3) is 0 Å². The lowest BCUT2D eigenvalue weighted by atomic mass is 10.3.